The first-order valence-electron chi connectivity index (χ1n) is 1.66. The highest BCUT2D eigenvalue weighted by molar-refractivity contribution is 4.90. The fourth-order valence-electron chi connectivity index (χ4n) is 0.121. The first kappa shape index (κ1) is 5.94. The second-order valence-electron chi connectivity index (χ2n) is 0.842. The Morgan fingerprint density at radius 1 is 1.86 bits per heavy atom. The van der Waals surface area contributed by atoms with Crippen LogP contribution in [0, 0.1) is 10.1 Å². The van der Waals surface area contributed by atoms with Gasteiger partial charge in [0.2, 0.25) is 6.20 Å². The molecule has 7 heavy (non-hydrogen) atoms. The Morgan fingerprint density at radius 2 is 2.43 bits per heavy atom. The van der Waals surface area contributed by atoms with Gasteiger partial charge in [0.25, 0.3) is 0 Å². The molecule has 0 aromatic carbocycles. The third-order valence-corrected chi connectivity index (χ3v) is 0.337. The lowest BCUT2D eigenvalue weighted by molar-refractivity contribution is -0.402. The largest absolute Gasteiger partial charge is 0.688 e. The summed E-state index contributed by atoms with van der Waals surface area (Å²) in [6.45, 7) is 0. The molecule has 0 aliphatic heterocycles. The van der Waals surface area contributed by atoms with Crippen molar-refractivity contribution < 1.29 is 4.92 Å². The van der Waals surface area contributed by atoms with Crippen molar-refractivity contribution in [3.05, 3.63) is 27.8 Å². The minimum atomic E-state index is -0.562. The molecule has 0 rings (SSSR count). The van der Waals surface area contributed by atoms with Gasteiger partial charge in [0.1, 0.15) is 0 Å². The molecule has 0 spiro atoms. The van der Waals surface area contributed by atoms with Gasteiger partial charge in [0.15, 0.2) is 0 Å². The Morgan fingerprint density at radius 3 is 2.57 bits per heavy atom. The second-order valence-corrected chi connectivity index (χ2v) is 0.842. The van der Waals surface area contributed by atoms with E-state index in [-0.39, 0.29) is 0 Å². The Hall–Kier alpha value is -1.06. The van der Waals surface area contributed by atoms with Crippen molar-refractivity contribution >= 4 is 0 Å². The third-order valence-electron chi connectivity index (χ3n) is 0.337. The van der Waals surface area contributed by atoms with E-state index in [2.05, 4.69) is 5.32 Å². The molecule has 0 N–H and O–H groups in total. The van der Waals surface area contributed by atoms with Crippen LogP contribution in [0.2, 0.25) is 0 Å². The van der Waals surface area contributed by atoms with E-state index in [1.54, 1.807) is 0 Å². The number of hydrogen-bond donors (Lipinski definition) is 0. The van der Waals surface area contributed by atoms with Crippen molar-refractivity contribution in [1.82, 2.24) is 0 Å². The summed E-state index contributed by atoms with van der Waals surface area (Å²) >= 11 is 0. The van der Waals surface area contributed by atoms with Crippen LogP contribution >= 0.6 is 0 Å². The van der Waals surface area contributed by atoms with E-state index in [0.717, 1.165) is 12.4 Å². The smallest absolute Gasteiger partial charge is 0.212 e. The molecule has 4 nitrogen and oxygen atoms in total. The molecule has 0 amide bonds. The molecule has 0 fully saturated rings. The molecule has 0 heterocycles. The summed E-state index contributed by atoms with van der Waals surface area (Å²) in [6, 6.07) is 0. The molecule has 0 bridgehead atoms. The van der Waals surface area contributed by atoms with Gasteiger partial charge in [0.05, 0.1) is 4.92 Å². The van der Waals surface area contributed by atoms with Crippen LogP contribution in [-0.4, -0.2) is 12.0 Å². The molecule has 40 valence electrons. The number of nitrogens with zero attached hydrogens (tertiary/aromatic N) is 2. The van der Waals surface area contributed by atoms with Gasteiger partial charge in [0, 0.05) is 0 Å². The highest BCUT2D eigenvalue weighted by Crippen LogP contribution is 1.78. The molecule has 0 unspecified atom stereocenters. The molecular formula is C3H5N2O2-. The van der Waals surface area contributed by atoms with Gasteiger partial charge in [-0.05, 0) is 0 Å². The maximum Gasteiger partial charge on any atom is 0.212 e. The molecule has 0 aliphatic carbocycles. The Bertz CT molecular complexity index is 88.9. The number of hydrogen-bond acceptors (Lipinski definition) is 2. The zero-order chi connectivity index (χ0) is 5.70. The Labute approximate surface area is 41.0 Å². The van der Waals surface area contributed by atoms with Gasteiger partial charge in [-0.2, -0.15) is 0 Å². The molecular weight excluding hydrogens is 96.0 g/mol. The lowest BCUT2D eigenvalue weighted by Gasteiger charge is -1.94. The summed E-state index contributed by atoms with van der Waals surface area (Å²) in [7, 11) is 1.47. The topological polar surface area (TPSA) is 57.2 Å². The van der Waals surface area contributed by atoms with Crippen LogP contribution in [0.25, 0.3) is 5.32 Å². The van der Waals surface area contributed by atoms with Crippen molar-refractivity contribution in [3.8, 4) is 0 Å². The van der Waals surface area contributed by atoms with Crippen LogP contribution in [0.1, 0.15) is 0 Å². The molecule has 4 heteroatoms. The van der Waals surface area contributed by atoms with E-state index < -0.39 is 4.92 Å². The summed E-state index contributed by atoms with van der Waals surface area (Å²) in [5, 5.41) is 12.8. The van der Waals surface area contributed by atoms with Crippen molar-refractivity contribution in [2.45, 2.75) is 0 Å². The first-order chi connectivity index (χ1) is 3.27. The number of nitro groups is 1. The average molecular weight is 101 g/mol. The van der Waals surface area contributed by atoms with Gasteiger partial charge in [-0.3, -0.25) is 10.1 Å². The fraction of sp³-hybridized carbons (Fsp3) is 0.333. The van der Waals surface area contributed by atoms with E-state index in [4.69, 9.17) is 0 Å². The van der Waals surface area contributed by atoms with Crippen molar-refractivity contribution in [1.29, 1.82) is 0 Å². The average Bonchev–Trinajstić information content (AvgIpc) is 1.61. The van der Waals surface area contributed by atoms with Crippen molar-refractivity contribution in [2.75, 3.05) is 7.05 Å². The minimum Gasteiger partial charge on any atom is -0.688 e. The normalized spacial score (nSPS) is 9.29. The molecule has 0 aromatic rings. The van der Waals surface area contributed by atoms with Gasteiger partial charge < -0.3 is 5.32 Å². The third kappa shape index (κ3) is 4.94. The predicted octanol–water partition coefficient (Wildman–Crippen LogP) is 0.738. The van der Waals surface area contributed by atoms with E-state index in [9.17, 15) is 10.1 Å². The quantitative estimate of drug-likeness (QED) is 0.380. The zero-order valence-electron chi connectivity index (χ0n) is 3.87. The van der Waals surface area contributed by atoms with Crippen LogP contribution in [-0.2, 0) is 0 Å². The monoisotopic (exact) mass is 101 g/mol. The number of rotatable bonds is 2. The van der Waals surface area contributed by atoms with Crippen LogP contribution in [0.3, 0.4) is 0 Å². The summed E-state index contributed by atoms with van der Waals surface area (Å²) in [5.74, 6) is 0. The van der Waals surface area contributed by atoms with Gasteiger partial charge in [-0.15, -0.1) is 13.2 Å². The predicted molar refractivity (Wildman–Crippen MR) is 25.4 cm³/mol. The Kier molecular flexibility index (Phi) is 2.67. The second kappa shape index (κ2) is 3.14. The zero-order valence-corrected chi connectivity index (χ0v) is 3.87. The molecule has 0 radical (unpaired) electrons. The van der Waals surface area contributed by atoms with E-state index in [1.807, 2.05) is 0 Å². The molecule has 0 aromatic heterocycles. The lowest BCUT2D eigenvalue weighted by Crippen LogP contribution is -1.80. The minimum absolute atomic E-state index is 0.562. The molecule has 0 saturated carbocycles. The van der Waals surface area contributed by atoms with Crippen LogP contribution < -0.4 is 0 Å². The lowest BCUT2D eigenvalue weighted by atomic mass is 10.9. The van der Waals surface area contributed by atoms with Gasteiger partial charge >= 0.3 is 0 Å². The fourth-order valence-corrected chi connectivity index (χ4v) is 0.121. The van der Waals surface area contributed by atoms with E-state index in [0.29, 0.717) is 0 Å². The summed E-state index contributed by atoms with van der Waals surface area (Å²) in [4.78, 5) is 8.85. The molecule has 0 saturated heterocycles. The standard InChI is InChI=1S/C3H5N2O2/c1-4-2-3-5(6)7/h2-3H,1H3/q-1/b3-2+. The highest BCUT2D eigenvalue weighted by Gasteiger charge is 1.72. The van der Waals surface area contributed by atoms with Crippen LogP contribution in [0.5, 0.6) is 0 Å². The highest BCUT2D eigenvalue weighted by atomic mass is 16.6. The van der Waals surface area contributed by atoms with Crippen molar-refractivity contribution in [3.63, 3.8) is 0 Å². The summed E-state index contributed by atoms with van der Waals surface area (Å²) in [5.41, 5.74) is 0. The maximum absolute atomic E-state index is 9.42. The van der Waals surface area contributed by atoms with Gasteiger partial charge in [-0.1, -0.05) is 0 Å². The summed E-state index contributed by atoms with van der Waals surface area (Å²) < 4.78 is 0. The van der Waals surface area contributed by atoms with Crippen molar-refractivity contribution in [2.24, 2.45) is 0 Å². The van der Waals surface area contributed by atoms with Crippen LogP contribution in [0.4, 0.5) is 0 Å². The molecule has 0 aliphatic rings. The first-order valence-corrected chi connectivity index (χ1v) is 1.66. The Balaban J connectivity index is 3.26. The maximum atomic E-state index is 9.42. The van der Waals surface area contributed by atoms with E-state index >= 15 is 0 Å². The SMILES string of the molecule is C[N-]/C=C/[N+](=O)[O-]. The van der Waals surface area contributed by atoms with E-state index in [1.165, 1.54) is 7.05 Å². The van der Waals surface area contributed by atoms with Crippen LogP contribution in [0.15, 0.2) is 12.4 Å². The van der Waals surface area contributed by atoms with Gasteiger partial charge in [-0.25, -0.2) is 0 Å². The molecule has 0 atom stereocenters. The summed E-state index contributed by atoms with van der Waals surface area (Å²) in [6.07, 6.45) is 1.90.